The summed E-state index contributed by atoms with van der Waals surface area (Å²) in [4.78, 5) is 8.26. The van der Waals surface area contributed by atoms with Crippen molar-refractivity contribution >= 4 is 11.3 Å². The Kier molecular flexibility index (Phi) is 5.95. The largest absolute Gasteiger partial charge is 0.312 e. The molecule has 0 aromatic carbocycles. The zero-order chi connectivity index (χ0) is 12.0. The Balaban J connectivity index is 2.62. The maximum Gasteiger partial charge on any atom is 0.107 e. The molecule has 0 aliphatic rings. The second-order valence-electron chi connectivity index (χ2n) is 4.25. The van der Waals surface area contributed by atoms with E-state index in [1.807, 2.05) is 11.3 Å². The number of nitrogens with one attached hydrogen (secondary N) is 1. The van der Waals surface area contributed by atoms with Gasteiger partial charge in [0.2, 0.25) is 0 Å². The minimum atomic E-state index is 0.950. The van der Waals surface area contributed by atoms with Gasteiger partial charge < -0.3 is 10.2 Å². The van der Waals surface area contributed by atoms with E-state index in [9.17, 15) is 0 Å². The molecule has 0 aliphatic heterocycles. The van der Waals surface area contributed by atoms with Gasteiger partial charge in [-0.3, -0.25) is 0 Å². The first-order chi connectivity index (χ1) is 7.67. The van der Waals surface area contributed by atoms with Crippen molar-refractivity contribution in [3.8, 4) is 0 Å². The van der Waals surface area contributed by atoms with Crippen LogP contribution >= 0.6 is 11.3 Å². The van der Waals surface area contributed by atoms with E-state index in [4.69, 9.17) is 0 Å². The first-order valence-corrected chi connectivity index (χ1v) is 6.81. The summed E-state index contributed by atoms with van der Waals surface area (Å²) in [7, 11) is 4.17. The third-order valence-corrected chi connectivity index (χ3v) is 3.40. The van der Waals surface area contributed by atoms with Gasteiger partial charge in [0.25, 0.3) is 0 Å². The molecule has 0 aliphatic carbocycles. The fourth-order valence-electron chi connectivity index (χ4n) is 1.57. The van der Waals surface area contributed by atoms with Crippen molar-refractivity contribution in [3.63, 3.8) is 0 Å². The SMILES string of the molecule is CCCNCc1sc(CN(C)C)nc1CC. The van der Waals surface area contributed by atoms with Crippen molar-refractivity contribution in [1.82, 2.24) is 15.2 Å². The van der Waals surface area contributed by atoms with Crippen LogP contribution in [-0.2, 0) is 19.5 Å². The zero-order valence-electron chi connectivity index (χ0n) is 10.8. The lowest BCUT2D eigenvalue weighted by Crippen LogP contribution is -2.13. The monoisotopic (exact) mass is 241 g/mol. The molecule has 0 spiro atoms. The lowest BCUT2D eigenvalue weighted by molar-refractivity contribution is 0.401. The van der Waals surface area contributed by atoms with Crippen LogP contribution in [0.15, 0.2) is 0 Å². The number of hydrogen-bond donors (Lipinski definition) is 1. The van der Waals surface area contributed by atoms with E-state index >= 15 is 0 Å². The van der Waals surface area contributed by atoms with Crippen LogP contribution in [0.25, 0.3) is 0 Å². The van der Waals surface area contributed by atoms with Gasteiger partial charge in [-0.05, 0) is 33.5 Å². The highest BCUT2D eigenvalue weighted by Gasteiger charge is 2.09. The summed E-state index contributed by atoms with van der Waals surface area (Å²) in [5.74, 6) is 0. The molecular formula is C12H23N3S. The van der Waals surface area contributed by atoms with Crippen molar-refractivity contribution in [3.05, 3.63) is 15.6 Å². The number of hydrogen-bond acceptors (Lipinski definition) is 4. The molecule has 1 heterocycles. The van der Waals surface area contributed by atoms with Gasteiger partial charge in [0, 0.05) is 18.0 Å². The molecule has 0 saturated carbocycles. The van der Waals surface area contributed by atoms with E-state index in [1.54, 1.807) is 0 Å². The molecule has 0 fully saturated rings. The Labute approximate surface area is 103 Å². The molecule has 1 aromatic rings. The Bertz CT molecular complexity index is 307. The summed E-state index contributed by atoms with van der Waals surface area (Å²) in [6, 6.07) is 0. The van der Waals surface area contributed by atoms with Crippen LogP contribution in [0.2, 0.25) is 0 Å². The van der Waals surface area contributed by atoms with Crippen LogP contribution in [0.5, 0.6) is 0 Å². The lowest BCUT2D eigenvalue weighted by atomic mass is 10.3. The van der Waals surface area contributed by atoms with Gasteiger partial charge in [-0.1, -0.05) is 13.8 Å². The Morgan fingerprint density at radius 2 is 2.06 bits per heavy atom. The third-order valence-electron chi connectivity index (χ3n) is 2.32. The van der Waals surface area contributed by atoms with Gasteiger partial charge >= 0.3 is 0 Å². The average molecular weight is 241 g/mol. The quantitative estimate of drug-likeness (QED) is 0.742. The molecule has 1 aromatic heterocycles. The van der Waals surface area contributed by atoms with Crippen LogP contribution in [-0.4, -0.2) is 30.5 Å². The maximum atomic E-state index is 4.68. The molecule has 4 heteroatoms. The second-order valence-corrected chi connectivity index (χ2v) is 5.41. The van der Waals surface area contributed by atoms with E-state index < -0.39 is 0 Å². The van der Waals surface area contributed by atoms with Gasteiger partial charge in [0.05, 0.1) is 5.69 Å². The maximum absolute atomic E-state index is 4.68. The molecule has 0 saturated heterocycles. The molecule has 1 rings (SSSR count). The summed E-state index contributed by atoms with van der Waals surface area (Å²) in [5, 5.41) is 4.68. The minimum absolute atomic E-state index is 0.950. The number of rotatable bonds is 7. The first kappa shape index (κ1) is 13.6. The van der Waals surface area contributed by atoms with Crippen LogP contribution in [0.1, 0.15) is 35.8 Å². The van der Waals surface area contributed by atoms with Crippen LogP contribution in [0.4, 0.5) is 0 Å². The van der Waals surface area contributed by atoms with Gasteiger partial charge in [-0.25, -0.2) is 4.98 Å². The fraction of sp³-hybridized carbons (Fsp3) is 0.750. The number of aryl methyl sites for hydroxylation is 1. The summed E-state index contributed by atoms with van der Waals surface area (Å²) in [5.41, 5.74) is 1.27. The Hall–Kier alpha value is -0.450. The van der Waals surface area contributed by atoms with Crippen molar-refractivity contribution in [2.24, 2.45) is 0 Å². The van der Waals surface area contributed by atoms with Gasteiger partial charge in [0.15, 0.2) is 0 Å². The first-order valence-electron chi connectivity index (χ1n) is 6.00. The molecule has 16 heavy (non-hydrogen) atoms. The number of nitrogens with zero attached hydrogens (tertiary/aromatic N) is 2. The molecule has 1 N–H and O–H groups in total. The predicted molar refractivity (Wildman–Crippen MR) is 70.9 cm³/mol. The third kappa shape index (κ3) is 4.20. The van der Waals surface area contributed by atoms with Gasteiger partial charge in [0.1, 0.15) is 5.01 Å². The van der Waals surface area contributed by atoms with E-state index in [2.05, 4.69) is 43.1 Å². The normalized spacial score (nSPS) is 11.3. The topological polar surface area (TPSA) is 28.2 Å². The van der Waals surface area contributed by atoms with Gasteiger partial charge in [-0.2, -0.15) is 0 Å². The molecule has 0 amide bonds. The van der Waals surface area contributed by atoms with Crippen LogP contribution in [0, 0.1) is 0 Å². The van der Waals surface area contributed by atoms with E-state index in [1.165, 1.54) is 22.0 Å². The predicted octanol–water partition coefficient (Wildman–Crippen LogP) is 2.27. The smallest absolute Gasteiger partial charge is 0.107 e. The summed E-state index contributed by atoms with van der Waals surface area (Å²) < 4.78 is 0. The van der Waals surface area contributed by atoms with Crippen molar-refractivity contribution in [2.75, 3.05) is 20.6 Å². The van der Waals surface area contributed by atoms with Crippen molar-refractivity contribution < 1.29 is 0 Å². The summed E-state index contributed by atoms with van der Waals surface area (Å²) in [6.07, 6.45) is 2.22. The summed E-state index contributed by atoms with van der Waals surface area (Å²) in [6.45, 7) is 7.38. The Morgan fingerprint density at radius 3 is 2.62 bits per heavy atom. The second kappa shape index (κ2) is 6.99. The van der Waals surface area contributed by atoms with Gasteiger partial charge in [-0.15, -0.1) is 11.3 Å². The number of aromatic nitrogens is 1. The van der Waals surface area contributed by atoms with E-state index in [0.717, 1.165) is 26.1 Å². The van der Waals surface area contributed by atoms with Crippen molar-refractivity contribution in [2.45, 2.75) is 39.8 Å². The zero-order valence-corrected chi connectivity index (χ0v) is 11.7. The lowest BCUT2D eigenvalue weighted by Gasteiger charge is -2.04. The van der Waals surface area contributed by atoms with Crippen molar-refractivity contribution in [1.29, 1.82) is 0 Å². The highest BCUT2D eigenvalue weighted by atomic mass is 32.1. The molecule has 0 bridgehead atoms. The number of thiazole rings is 1. The highest BCUT2D eigenvalue weighted by Crippen LogP contribution is 2.20. The average Bonchev–Trinajstić information content (AvgIpc) is 2.60. The molecule has 92 valence electrons. The molecular weight excluding hydrogens is 218 g/mol. The molecule has 0 unspecified atom stereocenters. The Morgan fingerprint density at radius 1 is 1.31 bits per heavy atom. The highest BCUT2D eigenvalue weighted by molar-refractivity contribution is 7.11. The van der Waals surface area contributed by atoms with E-state index in [0.29, 0.717) is 0 Å². The fourth-order valence-corrected chi connectivity index (χ4v) is 2.81. The van der Waals surface area contributed by atoms with Crippen LogP contribution < -0.4 is 5.32 Å². The minimum Gasteiger partial charge on any atom is -0.312 e. The molecule has 3 nitrogen and oxygen atoms in total. The van der Waals surface area contributed by atoms with Crippen LogP contribution in [0.3, 0.4) is 0 Å². The summed E-state index contributed by atoms with van der Waals surface area (Å²) >= 11 is 1.85. The van der Waals surface area contributed by atoms with E-state index in [-0.39, 0.29) is 0 Å². The standard InChI is InChI=1S/C12H23N3S/c1-5-7-13-8-11-10(6-2)14-12(16-11)9-15(3)4/h13H,5-9H2,1-4H3. The molecule has 0 atom stereocenters. The molecule has 0 radical (unpaired) electrons.